The van der Waals surface area contributed by atoms with Gasteiger partial charge < -0.3 is 19.8 Å². The van der Waals surface area contributed by atoms with Crippen molar-refractivity contribution < 1.29 is 19.1 Å². The summed E-state index contributed by atoms with van der Waals surface area (Å²) in [4.78, 5) is 32.9. The fourth-order valence-electron chi connectivity index (χ4n) is 4.70. The number of imidazole rings is 1. The Morgan fingerprint density at radius 2 is 2.07 bits per heavy atom. The number of benzene rings is 2. The van der Waals surface area contributed by atoms with Gasteiger partial charge in [0.2, 0.25) is 5.91 Å². The highest BCUT2D eigenvalue weighted by Crippen LogP contribution is 2.32. The smallest absolute Gasteiger partial charge is 0.309 e. The predicted octanol–water partition coefficient (Wildman–Crippen LogP) is 4.63. The lowest BCUT2D eigenvalue weighted by Crippen LogP contribution is -2.27. The third-order valence-corrected chi connectivity index (χ3v) is 7.03. The second-order valence-corrected chi connectivity index (χ2v) is 10.1. The lowest BCUT2D eigenvalue weighted by Gasteiger charge is -2.16. The average molecular weight is 576 g/mol. The van der Waals surface area contributed by atoms with E-state index in [1.165, 1.54) is 24.2 Å². The molecular formula is C29H30ClN7O4. The first-order valence-corrected chi connectivity index (χ1v) is 13.8. The Morgan fingerprint density at radius 3 is 2.90 bits per heavy atom. The molecule has 4 aromatic rings. The number of ether oxygens (including phenoxy) is 2. The molecule has 41 heavy (non-hydrogen) atoms. The Balaban J connectivity index is 1.37. The molecule has 0 saturated heterocycles. The number of carbonyl (C=O) groups excluding carboxylic acids is 2. The Bertz CT molecular complexity index is 1530. The van der Waals surface area contributed by atoms with Crippen LogP contribution in [0.3, 0.4) is 0 Å². The Hall–Kier alpha value is -4.51. The van der Waals surface area contributed by atoms with Crippen molar-refractivity contribution in [1.82, 2.24) is 35.5 Å². The maximum Gasteiger partial charge on any atom is 0.309 e. The van der Waals surface area contributed by atoms with Gasteiger partial charge >= 0.3 is 5.97 Å². The van der Waals surface area contributed by atoms with Crippen molar-refractivity contribution in [1.29, 1.82) is 0 Å². The highest BCUT2D eigenvalue weighted by molar-refractivity contribution is 6.30. The number of halogens is 1. The van der Waals surface area contributed by atoms with Crippen LogP contribution in [0.25, 0.3) is 23.0 Å². The molecule has 0 unspecified atom stereocenters. The van der Waals surface area contributed by atoms with Gasteiger partial charge in [0, 0.05) is 22.2 Å². The van der Waals surface area contributed by atoms with Gasteiger partial charge in [-0.05, 0) is 65.2 Å². The molecule has 12 heteroatoms. The largest absolute Gasteiger partial charge is 0.493 e. The van der Waals surface area contributed by atoms with E-state index >= 15 is 0 Å². The topological polar surface area (TPSA) is 137 Å². The zero-order valence-corrected chi connectivity index (χ0v) is 23.3. The van der Waals surface area contributed by atoms with E-state index in [1.807, 2.05) is 18.2 Å². The number of rotatable bonds is 6. The third-order valence-electron chi connectivity index (χ3n) is 6.80. The molecule has 2 aromatic carbocycles. The lowest BCUT2D eigenvalue weighted by molar-refractivity contribution is -0.139. The standard InChI is InChI=1S/C29H30ClN7O4/c1-40-28(39)15-19-7-10-22-24-17-31-29(34-24)23(6-4-2-3-5-13-41-26(22)14-19)33-27(38)12-8-20-16-21(30)9-11-25(20)37-18-32-35-36-37/h7-12,14,16-18,23H,2-6,13,15H2,1H3,(H,31,34)(H,33,38)/b12-8+/t23-/m0/s1. The van der Waals surface area contributed by atoms with Crippen LogP contribution in [0, 0.1) is 0 Å². The molecule has 11 nitrogen and oxygen atoms in total. The maximum absolute atomic E-state index is 13.1. The van der Waals surface area contributed by atoms with Crippen LogP contribution >= 0.6 is 11.6 Å². The van der Waals surface area contributed by atoms with Crippen LogP contribution in [-0.4, -0.2) is 55.8 Å². The van der Waals surface area contributed by atoms with Crippen LogP contribution in [0.4, 0.5) is 0 Å². The number of carbonyl (C=O) groups is 2. The minimum atomic E-state index is -0.317. The van der Waals surface area contributed by atoms with E-state index in [1.54, 1.807) is 30.5 Å². The molecule has 212 valence electrons. The second kappa shape index (κ2) is 13.2. The van der Waals surface area contributed by atoms with E-state index in [9.17, 15) is 9.59 Å². The quantitative estimate of drug-likeness (QED) is 0.251. The molecule has 1 atom stereocenters. The van der Waals surface area contributed by atoms with Gasteiger partial charge in [-0.2, -0.15) is 4.68 Å². The van der Waals surface area contributed by atoms with Crippen LogP contribution < -0.4 is 10.1 Å². The second-order valence-electron chi connectivity index (χ2n) is 9.67. The summed E-state index contributed by atoms with van der Waals surface area (Å²) in [5, 5.41) is 14.9. The minimum Gasteiger partial charge on any atom is -0.493 e. The Morgan fingerprint density at radius 1 is 1.20 bits per heavy atom. The van der Waals surface area contributed by atoms with Gasteiger partial charge in [-0.25, -0.2) is 4.98 Å². The van der Waals surface area contributed by atoms with Crippen molar-refractivity contribution in [2.75, 3.05) is 13.7 Å². The summed E-state index contributed by atoms with van der Waals surface area (Å²) in [5.41, 5.74) is 3.78. The maximum atomic E-state index is 13.1. The molecule has 0 fully saturated rings. The molecule has 0 radical (unpaired) electrons. The number of fused-ring (bicyclic) bond motifs is 4. The molecule has 0 saturated carbocycles. The zero-order valence-electron chi connectivity index (χ0n) is 22.5. The summed E-state index contributed by atoms with van der Waals surface area (Å²) in [6, 6.07) is 10.6. The molecule has 1 aliphatic rings. The molecule has 2 aromatic heterocycles. The predicted molar refractivity (Wildman–Crippen MR) is 152 cm³/mol. The molecule has 1 amide bonds. The molecule has 2 N–H and O–H groups in total. The van der Waals surface area contributed by atoms with E-state index < -0.39 is 0 Å². The van der Waals surface area contributed by atoms with E-state index in [4.69, 9.17) is 21.1 Å². The first-order chi connectivity index (χ1) is 20.0. The molecule has 5 rings (SSSR count). The van der Waals surface area contributed by atoms with Crippen LogP contribution in [0.1, 0.15) is 55.1 Å². The summed E-state index contributed by atoms with van der Waals surface area (Å²) < 4.78 is 12.4. The van der Waals surface area contributed by atoms with Gasteiger partial charge in [-0.1, -0.05) is 36.9 Å². The number of hydrogen-bond acceptors (Lipinski definition) is 8. The summed E-state index contributed by atoms with van der Waals surface area (Å²) in [7, 11) is 1.37. The molecule has 0 spiro atoms. The summed E-state index contributed by atoms with van der Waals surface area (Å²) in [5.74, 6) is 0.746. The van der Waals surface area contributed by atoms with Gasteiger partial charge in [0.05, 0.1) is 43.8 Å². The van der Waals surface area contributed by atoms with E-state index in [-0.39, 0.29) is 24.3 Å². The Labute approximate surface area is 241 Å². The number of tetrazole rings is 1. The van der Waals surface area contributed by atoms with Gasteiger partial charge in [-0.15, -0.1) is 5.10 Å². The van der Waals surface area contributed by atoms with Crippen molar-refractivity contribution in [2.24, 2.45) is 0 Å². The number of amides is 1. The van der Waals surface area contributed by atoms with Crippen LogP contribution in [0.2, 0.25) is 5.02 Å². The fourth-order valence-corrected chi connectivity index (χ4v) is 4.88. The fraction of sp³-hybridized carbons (Fsp3) is 0.310. The van der Waals surface area contributed by atoms with Crippen molar-refractivity contribution in [3.8, 4) is 22.7 Å². The molecule has 0 aliphatic carbocycles. The molecule has 2 bridgehead atoms. The van der Waals surface area contributed by atoms with Crippen molar-refractivity contribution in [2.45, 2.75) is 44.6 Å². The number of nitrogens with zero attached hydrogens (tertiary/aromatic N) is 5. The van der Waals surface area contributed by atoms with Gasteiger partial charge in [0.25, 0.3) is 0 Å². The first kappa shape index (κ1) is 28.0. The average Bonchev–Trinajstić information content (AvgIpc) is 3.68. The third kappa shape index (κ3) is 7.17. The number of aromatic amines is 1. The van der Waals surface area contributed by atoms with Crippen LogP contribution in [0.15, 0.2) is 55.0 Å². The lowest BCUT2D eigenvalue weighted by atomic mass is 10.1. The highest BCUT2D eigenvalue weighted by atomic mass is 35.5. The number of H-pyrrole nitrogens is 1. The molecule has 1 aliphatic heterocycles. The molecular weight excluding hydrogens is 546 g/mol. The van der Waals surface area contributed by atoms with Gasteiger partial charge in [0.1, 0.15) is 17.9 Å². The minimum absolute atomic E-state index is 0.162. The Kier molecular flexibility index (Phi) is 9.05. The van der Waals surface area contributed by atoms with Crippen molar-refractivity contribution in [3.63, 3.8) is 0 Å². The van der Waals surface area contributed by atoms with Crippen molar-refractivity contribution >= 4 is 29.6 Å². The van der Waals surface area contributed by atoms with E-state index in [0.717, 1.165) is 48.9 Å². The summed E-state index contributed by atoms with van der Waals surface area (Å²) >= 11 is 6.21. The summed E-state index contributed by atoms with van der Waals surface area (Å²) in [6.07, 6.45) is 11.1. The van der Waals surface area contributed by atoms with E-state index in [0.29, 0.717) is 34.5 Å². The monoisotopic (exact) mass is 575 g/mol. The van der Waals surface area contributed by atoms with Crippen LogP contribution in [-0.2, 0) is 20.7 Å². The summed E-state index contributed by atoms with van der Waals surface area (Å²) in [6.45, 7) is 0.566. The number of hydrogen-bond donors (Lipinski definition) is 2. The first-order valence-electron chi connectivity index (χ1n) is 13.4. The number of esters is 1. The normalized spacial score (nSPS) is 15.6. The van der Waals surface area contributed by atoms with Crippen molar-refractivity contribution in [3.05, 3.63) is 77.0 Å². The number of aromatic nitrogens is 6. The SMILES string of the molecule is COC(=O)Cc1ccc2c(c1)OCCCCCC[C@H](NC(=O)/C=C/c1cc(Cl)ccc1-n1cnnn1)c1ncc-2[nH]1. The van der Waals surface area contributed by atoms with Gasteiger partial charge in [0.15, 0.2) is 0 Å². The van der Waals surface area contributed by atoms with Crippen LogP contribution in [0.5, 0.6) is 5.75 Å². The number of methoxy groups -OCH3 is 1. The zero-order chi connectivity index (χ0) is 28.6. The van der Waals surface area contributed by atoms with Gasteiger partial charge in [-0.3, -0.25) is 9.59 Å². The number of nitrogens with one attached hydrogen (secondary N) is 2. The highest BCUT2D eigenvalue weighted by Gasteiger charge is 2.20. The van der Waals surface area contributed by atoms with E-state index in [2.05, 4.69) is 30.8 Å². The molecule has 3 heterocycles.